The first-order valence-electron chi connectivity index (χ1n) is 3.40. The Hall–Kier alpha value is -0.430. The molecule has 0 unspecified atom stereocenters. The first-order chi connectivity index (χ1) is 6.49. The third-order valence-electron chi connectivity index (χ3n) is 1.51. The largest absolute Gasteiger partial charge is 0.465 e. The highest BCUT2D eigenvalue weighted by Gasteiger charge is 2.20. The minimum absolute atomic E-state index is 0.0548. The number of carbonyl (C=O) groups excluding carboxylic acids is 1. The van der Waals surface area contributed by atoms with E-state index in [1.165, 1.54) is 0 Å². The molecule has 0 fully saturated rings. The molecule has 0 spiro atoms. The summed E-state index contributed by atoms with van der Waals surface area (Å²) in [5.41, 5.74) is -0.174. The zero-order chi connectivity index (χ0) is 10.9. The lowest BCUT2D eigenvalue weighted by Crippen LogP contribution is -2.07. The maximum absolute atomic E-state index is 13.2. The van der Waals surface area contributed by atoms with Gasteiger partial charge in [-0.3, -0.25) is 0 Å². The van der Waals surface area contributed by atoms with E-state index in [0.717, 1.165) is 13.2 Å². The molecule has 0 saturated carbocycles. The van der Waals surface area contributed by atoms with Gasteiger partial charge in [-0.15, -0.1) is 0 Å². The summed E-state index contributed by atoms with van der Waals surface area (Å²) in [4.78, 5) is 11.0. The van der Waals surface area contributed by atoms with Crippen molar-refractivity contribution in [1.82, 2.24) is 0 Å². The summed E-state index contributed by atoms with van der Waals surface area (Å²) in [6.45, 7) is 0. The van der Waals surface area contributed by atoms with Crippen LogP contribution in [0.2, 0.25) is 5.02 Å². The summed E-state index contributed by atoms with van der Waals surface area (Å²) >= 11 is 6.85. The topological polar surface area (TPSA) is 26.3 Å². The van der Waals surface area contributed by atoms with E-state index in [2.05, 4.69) is 4.74 Å². The van der Waals surface area contributed by atoms with Gasteiger partial charge in [0.2, 0.25) is 0 Å². The Morgan fingerprint density at radius 1 is 1.57 bits per heavy atom. The van der Waals surface area contributed by atoms with Crippen molar-refractivity contribution in [2.45, 2.75) is 0 Å². The third kappa shape index (κ3) is 1.98. The van der Waals surface area contributed by atoms with E-state index in [1.807, 2.05) is 0 Å². The molecule has 1 aromatic rings. The van der Waals surface area contributed by atoms with Crippen LogP contribution in [0.1, 0.15) is 10.4 Å². The Morgan fingerprint density at radius 2 is 2.14 bits per heavy atom. The van der Waals surface area contributed by atoms with Crippen LogP contribution in [-0.2, 0) is 4.74 Å². The number of carbonyl (C=O) groups is 1. The van der Waals surface area contributed by atoms with Crippen molar-refractivity contribution in [1.29, 1.82) is 0 Å². The van der Waals surface area contributed by atoms with Crippen LogP contribution < -0.4 is 0 Å². The first kappa shape index (κ1) is 11.6. The Bertz CT molecular complexity index is 395. The molecule has 0 aromatic heterocycles. The Labute approximate surface area is 97.3 Å². The number of hydrogen-bond acceptors (Lipinski definition) is 2. The zero-order valence-corrected chi connectivity index (χ0v) is 9.82. The molecule has 1 aromatic carbocycles. The number of methoxy groups -OCH3 is 1. The van der Waals surface area contributed by atoms with Crippen molar-refractivity contribution in [2.75, 3.05) is 7.11 Å². The lowest BCUT2D eigenvalue weighted by molar-refractivity contribution is 0.0598. The van der Waals surface area contributed by atoms with Gasteiger partial charge in [-0.1, -0.05) is 11.6 Å². The number of esters is 1. The van der Waals surface area contributed by atoms with Gasteiger partial charge < -0.3 is 4.74 Å². The molecule has 0 aliphatic carbocycles. The lowest BCUT2D eigenvalue weighted by atomic mass is 10.2. The van der Waals surface area contributed by atoms with Crippen molar-refractivity contribution in [3.8, 4) is 0 Å². The summed E-state index contributed by atoms with van der Waals surface area (Å²) in [5, 5.41) is -0.623. The van der Waals surface area contributed by atoms with E-state index in [-0.39, 0.29) is 9.13 Å². The second-order valence-electron chi connectivity index (χ2n) is 2.34. The first-order valence-corrected chi connectivity index (χ1v) is 4.86. The van der Waals surface area contributed by atoms with Gasteiger partial charge in [0.15, 0.2) is 5.82 Å². The van der Waals surface area contributed by atoms with Crippen LogP contribution in [0, 0.1) is 15.2 Å². The molecular weight excluding hydrogens is 328 g/mol. The molecule has 6 heteroatoms. The van der Waals surface area contributed by atoms with Gasteiger partial charge in [-0.25, -0.2) is 13.6 Å². The van der Waals surface area contributed by atoms with Gasteiger partial charge in [-0.05, 0) is 28.7 Å². The molecule has 0 N–H and O–H groups in total. The van der Waals surface area contributed by atoms with Crippen LogP contribution in [0.5, 0.6) is 0 Å². The molecule has 76 valence electrons. The van der Waals surface area contributed by atoms with E-state index in [0.29, 0.717) is 0 Å². The fourth-order valence-corrected chi connectivity index (χ4v) is 1.79. The van der Waals surface area contributed by atoms with Crippen LogP contribution in [0.3, 0.4) is 0 Å². The van der Waals surface area contributed by atoms with E-state index in [9.17, 15) is 13.6 Å². The standard InChI is InChI=1S/C8H4ClF2IO2/c1-14-8(13)3-2-4(10)5(9)6(11)7(3)12/h2H,1H3. The van der Waals surface area contributed by atoms with Crippen LogP contribution >= 0.6 is 34.2 Å². The number of hydrogen-bond donors (Lipinski definition) is 0. The molecule has 0 heterocycles. The highest BCUT2D eigenvalue weighted by Crippen LogP contribution is 2.26. The summed E-state index contributed by atoms with van der Waals surface area (Å²) in [6.07, 6.45) is 0. The average molecular weight is 332 g/mol. The van der Waals surface area contributed by atoms with Crippen molar-refractivity contribution in [3.63, 3.8) is 0 Å². The van der Waals surface area contributed by atoms with Crippen LogP contribution in [0.25, 0.3) is 0 Å². The van der Waals surface area contributed by atoms with Gasteiger partial charge in [0.25, 0.3) is 0 Å². The van der Waals surface area contributed by atoms with Crippen molar-refractivity contribution in [2.24, 2.45) is 0 Å². The Balaban J connectivity index is 3.40. The van der Waals surface area contributed by atoms with E-state index in [1.54, 1.807) is 22.6 Å². The van der Waals surface area contributed by atoms with Gasteiger partial charge in [0, 0.05) is 0 Å². The highest BCUT2D eigenvalue weighted by molar-refractivity contribution is 14.1. The van der Waals surface area contributed by atoms with Crippen LogP contribution in [-0.4, -0.2) is 13.1 Å². The smallest absolute Gasteiger partial charge is 0.339 e. The predicted octanol–water partition coefficient (Wildman–Crippen LogP) is 3.01. The lowest BCUT2D eigenvalue weighted by Gasteiger charge is -2.05. The SMILES string of the molecule is COC(=O)c1cc(F)c(Cl)c(F)c1I. The fraction of sp³-hybridized carbons (Fsp3) is 0.125. The molecule has 1 rings (SSSR count). The van der Waals surface area contributed by atoms with Gasteiger partial charge in [-0.2, -0.15) is 0 Å². The predicted molar refractivity (Wildman–Crippen MR) is 55.4 cm³/mol. The Morgan fingerprint density at radius 3 is 2.64 bits per heavy atom. The average Bonchev–Trinajstić information content (AvgIpc) is 2.19. The van der Waals surface area contributed by atoms with Gasteiger partial charge in [0.05, 0.1) is 16.2 Å². The van der Waals surface area contributed by atoms with E-state index >= 15 is 0 Å². The summed E-state index contributed by atoms with van der Waals surface area (Å²) in [5.74, 6) is -2.73. The monoisotopic (exact) mass is 332 g/mol. The molecule has 0 aliphatic heterocycles. The van der Waals surface area contributed by atoms with Gasteiger partial charge in [0.1, 0.15) is 10.8 Å². The summed E-state index contributed by atoms with van der Waals surface area (Å²) in [7, 11) is 1.13. The van der Waals surface area contributed by atoms with Crippen molar-refractivity contribution < 1.29 is 18.3 Å². The molecule has 14 heavy (non-hydrogen) atoms. The van der Waals surface area contributed by atoms with Crippen LogP contribution in [0.15, 0.2) is 6.07 Å². The Kier molecular flexibility index (Phi) is 3.65. The van der Waals surface area contributed by atoms with Crippen LogP contribution in [0.4, 0.5) is 8.78 Å². The molecule has 0 aliphatic rings. The second kappa shape index (κ2) is 4.39. The van der Waals surface area contributed by atoms with E-state index < -0.39 is 22.6 Å². The number of benzene rings is 1. The quantitative estimate of drug-likeness (QED) is 0.342. The second-order valence-corrected chi connectivity index (χ2v) is 3.80. The maximum atomic E-state index is 13.2. The van der Waals surface area contributed by atoms with Crippen molar-refractivity contribution >= 4 is 40.2 Å². The molecule has 0 radical (unpaired) electrons. The van der Waals surface area contributed by atoms with Crippen molar-refractivity contribution in [3.05, 3.63) is 31.9 Å². The number of halogens is 4. The minimum Gasteiger partial charge on any atom is -0.465 e. The summed E-state index contributed by atoms with van der Waals surface area (Å²) in [6, 6.07) is 0.846. The third-order valence-corrected chi connectivity index (χ3v) is 2.91. The maximum Gasteiger partial charge on any atom is 0.339 e. The normalized spacial score (nSPS) is 10.1. The highest BCUT2D eigenvalue weighted by atomic mass is 127. The molecule has 0 atom stereocenters. The molecule has 0 bridgehead atoms. The molecular formula is C8H4ClF2IO2. The zero-order valence-electron chi connectivity index (χ0n) is 6.91. The summed E-state index contributed by atoms with van der Waals surface area (Å²) < 4.78 is 30.4. The minimum atomic E-state index is -0.981. The molecule has 0 amide bonds. The molecule has 2 nitrogen and oxygen atoms in total. The van der Waals surface area contributed by atoms with E-state index in [4.69, 9.17) is 11.6 Å². The van der Waals surface area contributed by atoms with Gasteiger partial charge >= 0.3 is 5.97 Å². The number of rotatable bonds is 1. The fourth-order valence-electron chi connectivity index (χ4n) is 0.831. The number of ether oxygens (including phenoxy) is 1. The molecule has 0 saturated heterocycles.